The van der Waals surface area contributed by atoms with Crippen molar-refractivity contribution in [3.05, 3.63) is 83.5 Å². The molecule has 2 rings (SSSR count). The molecule has 0 aliphatic heterocycles. The third kappa shape index (κ3) is 6.96. The van der Waals surface area contributed by atoms with Crippen LogP contribution in [0.3, 0.4) is 0 Å². The summed E-state index contributed by atoms with van der Waals surface area (Å²) in [4.78, 5) is 4.29. The molecular formula is C24H33F2N7. The van der Waals surface area contributed by atoms with Crippen LogP contribution in [-0.2, 0) is 13.0 Å². The molecular weight excluding hydrogens is 424 g/mol. The molecule has 9 heteroatoms. The average Bonchev–Trinajstić information content (AvgIpc) is 2.82. The van der Waals surface area contributed by atoms with Crippen molar-refractivity contribution in [1.29, 1.82) is 0 Å². The van der Waals surface area contributed by atoms with Crippen LogP contribution in [0.15, 0.2) is 71.9 Å². The zero-order valence-electron chi connectivity index (χ0n) is 19.6. The van der Waals surface area contributed by atoms with Crippen LogP contribution in [0, 0.1) is 0 Å². The van der Waals surface area contributed by atoms with Crippen LogP contribution in [0.2, 0.25) is 0 Å². The molecule has 33 heavy (non-hydrogen) atoms. The van der Waals surface area contributed by atoms with Gasteiger partial charge in [-0.15, -0.1) is 0 Å². The molecule has 7 nitrogen and oxygen atoms in total. The van der Waals surface area contributed by atoms with Crippen LogP contribution >= 0.6 is 0 Å². The van der Waals surface area contributed by atoms with E-state index in [1.165, 1.54) is 17.2 Å². The van der Waals surface area contributed by atoms with Gasteiger partial charge in [0.2, 0.25) is 0 Å². The molecule has 0 amide bonds. The fourth-order valence-electron chi connectivity index (χ4n) is 3.18. The predicted molar refractivity (Wildman–Crippen MR) is 133 cm³/mol. The summed E-state index contributed by atoms with van der Waals surface area (Å²) in [6.07, 6.45) is 7.43. The van der Waals surface area contributed by atoms with Crippen LogP contribution in [0.25, 0.3) is 11.1 Å². The monoisotopic (exact) mass is 457 g/mol. The Labute approximate surface area is 194 Å². The number of nitrogens with zero attached hydrogens (tertiary/aromatic N) is 3. The number of nitrogens with two attached hydrogens (primary N) is 3. The fourth-order valence-corrected chi connectivity index (χ4v) is 3.18. The first-order chi connectivity index (χ1) is 15.9. The number of allylic oxidation sites excluding steroid dienone is 4. The van der Waals surface area contributed by atoms with Crippen molar-refractivity contribution in [2.24, 2.45) is 16.8 Å². The first-order valence-electron chi connectivity index (χ1n) is 10.3. The van der Waals surface area contributed by atoms with Gasteiger partial charge in [-0.25, -0.2) is 15.2 Å². The number of halogens is 2. The highest BCUT2D eigenvalue weighted by Crippen LogP contribution is 2.27. The van der Waals surface area contributed by atoms with E-state index in [1.807, 2.05) is 13.1 Å². The summed E-state index contributed by atoms with van der Waals surface area (Å²) in [5, 5.41) is 7.95. The van der Waals surface area contributed by atoms with E-state index in [4.69, 9.17) is 17.4 Å². The number of hydrogen-bond donors (Lipinski definition) is 4. The summed E-state index contributed by atoms with van der Waals surface area (Å²) in [5.41, 5.74) is 10.7. The second-order valence-electron chi connectivity index (χ2n) is 6.83. The summed E-state index contributed by atoms with van der Waals surface area (Å²) in [7, 11) is 2.41. The van der Waals surface area contributed by atoms with Crippen molar-refractivity contribution in [3.63, 3.8) is 0 Å². The van der Waals surface area contributed by atoms with E-state index >= 15 is 0 Å². The van der Waals surface area contributed by atoms with Crippen molar-refractivity contribution >= 4 is 11.7 Å². The van der Waals surface area contributed by atoms with Crippen LogP contribution in [-0.4, -0.2) is 30.1 Å². The van der Waals surface area contributed by atoms with Gasteiger partial charge in [-0.1, -0.05) is 37.8 Å². The van der Waals surface area contributed by atoms with Crippen molar-refractivity contribution in [2.45, 2.75) is 26.8 Å². The first kappa shape index (κ1) is 27.5. The summed E-state index contributed by atoms with van der Waals surface area (Å²) in [6.45, 7) is 7.99. The molecule has 0 spiro atoms. The van der Waals surface area contributed by atoms with Gasteiger partial charge in [0.1, 0.15) is 11.6 Å². The highest BCUT2D eigenvalue weighted by molar-refractivity contribution is 6.04. The van der Waals surface area contributed by atoms with E-state index in [0.717, 1.165) is 29.1 Å². The standard InChI is InChI=1S/C23H30FN7.CH3F/c1-5-7-8-21(15(3)24)31(27)23(30-26)20-12-19(14-29-22(20)25)17-10-9-16(6-2)18(11-17)13-28-4;1-2/h5,7-12,14,28H,3,6,13,26-27H2,1-2,4H3,(H2,25,29);1H3/b7-5-,21-8+,30-23-;. The van der Waals surface area contributed by atoms with Gasteiger partial charge in [-0.3, -0.25) is 9.40 Å². The number of hydrazine groups is 1. The molecule has 178 valence electrons. The number of alkyl halides is 1. The molecule has 0 saturated carbocycles. The Balaban J connectivity index is 0.00000265. The molecule has 0 bridgehead atoms. The minimum Gasteiger partial charge on any atom is -0.383 e. The topological polar surface area (TPSA) is 119 Å². The van der Waals surface area contributed by atoms with E-state index < -0.39 is 5.83 Å². The molecule has 2 aromatic rings. The molecule has 0 radical (unpaired) electrons. The lowest BCUT2D eigenvalue weighted by Gasteiger charge is -2.22. The van der Waals surface area contributed by atoms with Crippen LogP contribution in [0.4, 0.5) is 14.6 Å². The van der Waals surface area contributed by atoms with E-state index in [9.17, 15) is 8.78 Å². The lowest BCUT2D eigenvalue weighted by atomic mass is 9.97. The van der Waals surface area contributed by atoms with Crippen molar-refractivity contribution in [3.8, 4) is 11.1 Å². The van der Waals surface area contributed by atoms with Crippen LogP contribution in [0.1, 0.15) is 30.5 Å². The summed E-state index contributed by atoms with van der Waals surface area (Å²) in [6, 6.07) is 8.00. The lowest BCUT2D eigenvalue weighted by molar-refractivity contribution is 0.502. The number of nitrogen functional groups attached to an aromatic ring is 1. The number of rotatable bonds is 8. The number of amidine groups is 1. The van der Waals surface area contributed by atoms with E-state index in [-0.39, 0.29) is 17.4 Å². The summed E-state index contributed by atoms with van der Waals surface area (Å²) < 4.78 is 23.5. The maximum atomic E-state index is 14.0. The predicted octanol–water partition coefficient (Wildman–Crippen LogP) is 3.94. The van der Waals surface area contributed by atoms with Gasteiger partial charge in [0, 0.05) is 18.3 Å². The number of aryl methyl sites for hydroxylation is 1. The molecule has 1 aromatic heterocycles. The van der Waals surface area contributed by atoms with Gasteiger partial charge in [0.05, 0.1) is 18.4 Å². The molecule has 1 aromatic carbocycles. The Hall–Kier alpha value is -3.56. The minimum atomic E-state index is -0.740. The molecule has 0 fully saturated rings. The molecule has 0 unspecified atom stereocenters. The first-order valence-corrected chi connectivity index (χ1v) is 10.3. The Kier molecular flexibility index (Phi) is 11.5. The molecule has 7 N–H and O–H groups in total. The second-order valence-corrected chi connectivity index (χ2v) is 6.83. The minimum absolute atomic E-state index is 0.00397. The zero-order valence-corrected chi connectivity index (χ0v) is 19.6. The van der Waals surface area contributed by atoms with Gasteiger partial charge in [-0.05, 0) is 55.3 Å². The number of aromatic nitrogens is 1. The molecule has 0 saturated heterocycles. The Morgan fingerprint density at radius 3 is 2.48 bits per heavy atom. The largest absolute Gasteiger partial charge is 0.383 e. The van der Waals surface area contributed by atoms with Crippen molar-refractivity contribution < 1.29 is 8.78 Å². The van der Waals surface area contributed by atoms with Crippen molar-refractivity contribution in [1.82, 2.24) is 15.3 Å². The maximum absolute atomic E-state index is 14.0. The lowest BCUT2D eigenvalue weighted by Crippen LogP contribution is -2.38. The Morgan fingerprint density at radius 2 is 1.94 bits per heavy atom. The van der Waals surface area contributed by atoms with Crippen molar-refractivity contribution in [2.75, 3.05) is 20.0 Å². The normalized spacial score (nSPS) is 11.8. The van der Waals surface area contributed by atoms with E-state index in [0.29, 0.717) is 12.7 Å². The quantitative estimate of drug-likeness (QED) is 0.157. The Bertz CT molecular complexity index is 1030. The van der Waals surface area contributed by atoms with Crippen LogP contribution in [0.5, 0.6) is 0 Å². The van der Waals surface area contributed by atoms with E-state index in [2.05, 4.69) is 41.0 Å². The average molecular weight is 458 g/mol. The SMILES string of the molecule is C=C(F)/C(=C\C=C/C)N(N)/C(=N\N)c1cc(-c2ccc(CC)c(CNC)c2)cnc1N.CF. The number of pyridine rings is 1. The van der Waals surface area contributed by atoms with Crippen LogP contribution < -0.4 is 22.7 Å². The van der Waals surface area contributed by atoms with Gasteiger partial charge >= 0.3 is 0 Å². The number of nitrogens with one attached hydrogen (secondary N) is 1. The fraction of sp³-hybridized carbons (Fsp3) is 0.250. The molecule has 0 atom stereocenters. The highest BCUT2D eigenvalue weighted by Gasteiger charge is 2.20. The number of hydrazone groups is 1. The van der Waals surface area contributed by atoms with Gasteiger partial charge in [0.15, 0.2) is 5.84 Å². The Morgan fingerprint density at radius 1 is 1.24 bits per heavy atom. The zero-order chi connectivity index (χ0) is 25.0. The van der Waals surface area contributed by atoms with Gasteiger partial charge < -0.3 is 16.9 Å². The third-order valence-electron chi connectivity index (χ3n) is 4.78. The number of benzene rings is 1. The number of anilines is 1. The number of hydrogen-bond acceptors (Lipinski definition) is 6. The van der Waals surface area contributed by atoms with E-state index in [1.54, 1.807) is 31.3 Å². The maximum Gasteiger partial charge on any atom is 0.178 e. The smallest absolute Gasteiger partial charge is 0.178 e. The summed E-state index contributed by atoms with van der Waals surface area (Å²) >= 11 is 0. The second kappa shape index (κ2) is 13.8. The molecule has 0 aliphatic rings. The summed E-state index contributed by atoms with van der Waals surface area (Å²) in [5.74, 6) is 11.2. The van der Waals surface area contributed by atoms with Gasteiger partial charge in [-0.2, -0.15) is 5.10 Å². The van der Waals surface area contributed by atoms with Gasteiger partial charge in [0.25, 0.3) is 0 Å². The molecule has 0 aliphatic carbocycles. The third-order valence-corrected chi connectivity index (χ3v) is 4.78. The highest BCUT2D eigenvalue weighted by atomic mass is 19.1. The molecule has 1 heterocycles.